The Morgan fingerprint density at radius 2 is 0.664 bits per heavy atom. The van der Waals surface area contributed by atoms with Crippen LogP contribution >= 0.6 is 11.8 Å². The van der Waals surface area contributed by atoms with Gasteiger partial charge in [0.1, 0.15) is 66.5 Å². The molecule has 0 radical (unpaired) electrons. The third-order valence-corrected chi connectivity index (χ3v) is 19.1. The van der Waals surface area contributed by atoms with Gasteiger partial charge in [-0.3, -0.25) is 92.5 Å². The monoisotopic (exact) mass is 1710 g/mol. The number of carboxylic acids is 1. The summed E-state index contributed by atoms with van der Waals surface area (Å²) in [5, 5.41) is 36.3. The first kappa shape index (κ1) is 105. The maximum atomic E-state index is 15.0. The number of rotatable bonds is 62. The van der Waals surface area contributed by atoms with Gasteiger partial charge >= 0.3 is 5.97 Å². The van der Waals surface area contributed by atoms with Gasteiger partial charge in [0.25, 0.3) is 0 Å². The highest BCUT2D eigenvalue weighted by Gasteiger charge is 2.40. The summed E-state index contributed by atoms with van der Waals surface area (Å²) in [4.78, 5) is 214. The molecule has 1 saturated heterocycles. The van der Waals surface area contributed by atoms with Crippen LogP contribution < -0.4 is 151 Å². The van der Waals surface area contributed by atoms with E-state index in [1.54, 1.807) is 13.8 Å². The molecule has 49 nitrogen and oxygen atoms in total. The number of nitrogens with two attached hydrogens (primary N) is 17. The summed E-state index contributed by atoms with van der Waals surface area (Å²) < 4.78 is 0. The molecule has 50 heteroatoms. The van der Waals surface area contributed by atoms with Crippen molar-refractivity contribution >= 4 is 130 Å². The zero-order valence-electron chi connectivity index (χ0n) is 68.4. The average Bonchev–Trinajstić information content (AvgIpc) is 1.82. The van der Waals surface area contributed by atoms with E-state index in [4.69, 9.17) is 97.5 Å². The number of guanidine groups is 7. The smallest absolute Gasteiger partial charge is 0.326 e. The minimum atomic E-state index is -1.59. The van der Waals surface area contributed by atoms with Gasteiger partial charge in [0, 0.05) is 58.8 Å². The zero-order valence-corrected chi connectivity index (χ0v) is 69.2. The van der Waals surface area contributed by atoms with Crippen molar-refractivity contribution in [2.24, 2.45) is 138 Å². The second-order valence-electron chi connectivity index (χ2n) is 28.3. The number of hydrogen-bond acceptors (Lipinski definition) is 23. The van der Waals surface area contributed by atoms with Crippen LogP contribution in [0.25, 0.3) is 0 Å². The lowest BCUT2D eigenvalue weighted by atomic mass is 9.96. The van der Waals surface area contributed by atoms with E-state index in [0.29, 0.717) is 31.4 Å². The molecule has 1 aliphatic heterocycles. The first-order valence-corrected chi connectivity index (χ1v) is 40.8. The maximum absolute atomic E-state index is 15.0. The number of aliphatic imine (C=N–C) groups is 7. The number of carboxylic acid groups (broad SMARTS) is 1. The van der Waals surface area contributed by atoms with E-state index >= 15 is 9.59 Å². The summed E-state index contributed by atoms with van der Waals surface area (Å²) in [6.45, 7) is 3.32. The average molecular weight is 1710 g/mol. The number of aliphatic carboxylic acids is 1. The van der Waals surface area contributed by atoms with E-state index in [0.717, 1.165) is 0 Å². The Morgan fingerprint density at radius 1 is 0.387 bits per heavy atom. The predicted molar refractivity (Wildman–Crippen MR) is 453 cm³/mol. The summed E-state index contributed by atoms with van der Waals surface area (Å²) in [5.74, 6) is -14.4. The van der Waals surface area contributed by atoms with E-state index in [1.807, 2.05) is 6.26 Å². The van der Waals surface area contributed by atoms with Gasteiger partial charge in [-0.05, 0) is 159 Å². The van der Waals surface area contributed by atoms with Crippen molar-refractivity contribution in [3.63, 3.8) is 0 Å². The second-order valence-corrected chi connectivity index (χ2v) is 29.3. The first-order chi connectivity index (χ1) is 56.3. The van der Waals surface area contributed by atoms with Crippen LogP contribution in [-0.4, -0.2) is 272 Å². The summed E-state index contributed by atoms with van der Waals surface area (Å²) in [6.07, 6.45) is 1.73. The third-order valence-electron chi connectivity index (χ3n) is 18.5. The molecule has 674 valence electrons. The van der Waals surface area contributed by atoms with Crippen LogP contribution in [0.1, 0.15) is 162 Å². The molecule has 12 amide bonds. The summed E-state index contributed by atoms with van der Waals surface area (Å²) >= 11 is 1.50. The molecular formula is C69H133N35O14S. The van der Waals surface area contributed by atoms with Crippen molar-refractivity contribution in [3.8, 4) is 0 Å². The fourth-order valence-electron chi connectivity index (χ4n) is 12.0. The number of primary amides is 1. The van der Waals surface area contributed by atoms with E-state index in [2.05, 4.69) is 88.1 Å². The van der Waals surface area contributed by atoms with Crippen LogP contribution in [0.2, 0.25) is 0 Å². The standard InChI is InChI=1S/C69H133N35O14S/c1-4-37(2)50(60(115)101-44(21-12-33-92-68(83)84)56(111)97-40(17-8-29-88-64(75)76)52(107)95-42(19-10-31-90-66(79)80)54(109)99-46(24-25-49(72)105)57(112)102-47(62(117)118)15-5-6-27-70)103-58(113)45(22-13-34-93-69(85)86)98-53(108)41(18-9-30-89-65(77)78)94-51(106)39(16-7-28-87-63(73)74)96-55(110)43(20-11-32-91-67(81)82)100-59(114)48-23-14-35-104(48)61(116)38(71)26-36-119-3/h37-48,50H,4-36,70-71H2,1-3H3,(H2,72,105)(H,94,106)(H,95,107)(H,96,110)(H,97,111)(H,98,108)(H,99,109)(H,100,114)(H,101,115)(H,102,112)(H,103,113)(H,117,118)(H4,73,74,87)(H4,75,76,88)(H4,77,78,89)(H4,79,80,90)(H4,81,82,91)(H4,83,84,92)(H4,85,86,93)/t37-,38-,39-,40-,41-,42-,43-,44-,45-,46-,47-,48-,50-/m0/s1. The number of hydrogen-bond donors (Lipinski definition) is 28. The molecule has 119 heavy (non-hydrogen) atoms. The quantitative estimate of drug-likeness (QED) is 0.0153. The van der Waals surface area contributed by atoms with Crippen LogP contribution in [0, 0.1) is 5.92 Å². The number of thioether (sulfide) groups is 1. The molecule has 1 heterocycles. The third kappa shape index (κ3) is 45.5. The molecule has 0 aliphatic carbocycles. The van der Waals surface area contributed by atoms with Crippen LogP contribution in [0.15, 0.2) is 34.9 Å². The molecular weight excluding hydrogens is 1580 g/mol. The van der Waals surface area contributed by atoms with E-state index in [-0.39, 0.29) is 210 Å². The molecule has 1 rings (SSSR count). The van der Waals surface area contributed by atoms with Crippen LogP contribution in [0.5, 0.6) is 0 Å². The Balaban J connectivity index is 4.09. The van der Waals surface area contributed by atoms with Crippen molar-refractivity contribution in [3.05, 3.63) is 0 Å². The molecule has 0 saturated carbocycles. The predicted octanol–water partition coefficient (Wildman–Crippen LogP) is -11.2. The van der Waals surface area contributed by atoms with Gasteiger partial charge in [-0.15, -0.1) is 0 Å². The number of nitrogens with one attached hydrogen (secondary N) is 10. The Kier molecular flexibility index (Phi) is 52.2. The van der Waals surface area contributed by atoms with Crippen LogP contribution in [0.3, 0.4) is 0 Å². The first-order valence-electron chi connectivity index (χ1n) is 39.4. The van der Waals surface area contributed by atoms with Gasteiger partial charge in [-0.1, -0.05) is 20.3 Å². The number of carbonyl (C=O) groups is 13. The van der Waals surface area contributed by atoms with E-state index in [9.17, 15) is 57.8 Å². The van der Waals surface area contributed by atoms with Crippen LogP contribution in [0.4, 0.5) is 0 Å². The van der Waals surface area contributed by atoms with Gasteiger partial charge in [0.2, 0.25) is 70.9 Å². The lowest BCUT2D eigenvalue weighted by Gasteiger charge is -2.30. The van der Waals surface area contributed by atoms with Crippen molar-refractivity contribution < 1.29 is 67.4 Å². The molecule has 0 aromatic carbocycles. The van der Waals surface area contributed by atoms with E-state index in [1.165, 1.54) is 16.7 Å². The SMILES string of the molecule is CC[C@H](C)[C@H](NC(=O)[C@H](CCCN=C(N)N)NC(=O)[C@H](CCCN=C(N)N)NC(=O)[C@H](CCCN=C(N)N)NC(=O)[C@H](CCCN=C(N)N)NC(=O)[C@@H]1CCCN1C(=O)[C@@H](N)CCSC)C(=O)N[C@@H](CCCN=C(N)N)C(=O)N[C@@H](CCCN=C(N)N)C(=O)N[C@@H](CCCN=C(N)N)C(=O)N[C@@H](CCC(N)=O)C(=O)N[C@@H](CCCCN)C(=O)O. The number of nitrogens with zero attached hydrogens (tertiary/aromatic N) is 8. The maximum Gasteiger partial charge on any atom is 0.326 e. The highest BCUT2D eigenvalue weighted by molar-refractivity contribution is 7.98. The fourth-order valence-corrected chi connectivity index (χ4v) is 12.5. The fraction of sp³-hybridized carbons (Fsp3) is 0.710. The molecule has 0 bridgehead atoms. The molecule has 0 aromatic heterocycles. The topological polar surface area (TPSA) is 895 Å². The number of amides is 12. The lowest BCUT2D eigenvalue weighted by Crippen LogP contribution is -2.61. The Hall–Kier alpha value is -11.7. The van der Waals surface area contributed by atoms with Gasteiger partial charge in [0.05, 0.1) is 6.04 Å². The molecule has 0 spiro atoms. The number of carbonyl (C=O) groups excluding carboxylic acids is 12. The normalized spacial score (nSPS) is 15.2. The summed E-state index contributed by atoms with van der Waals surface area (Å²) in [5.41, 5.74) is 96.0. The Labute approximate surface area is 696 Å². The lowest BCUT2D eigenvalue weighted by molar-refractivity contribution is -0.142. The van der Waals surface area contributed by atoms with Crippen LogP contribution in [-0.2, 0) is 62.3 Å². The summed E-state index contributed by atoms with van der Waals surface area (Å²) in [7, 11) is 0. The van der Waals surface area contributed by atoms with Gasteiger partial charge in [0.15, 0.2) is 41.7 Å². The van der Waals surface area contributed by atoms with E-state index < -0.39 is 168 Å². The van der Waals surface area contributed by atoms with Crippen molar-refractivity contribution in [2.75, 3.05) is 70.9 Å². The molecule has 0 unspecified atom stereocenters. The Morgan fingerprint density at radius 3 is 0.941 bits per heavy atom. The van der Waals surface area contributed by atoms with Gasteiger partial charge < -0.3 is 161 Å². The summed E-state index contributed by atoms with van der Waals surface area (Å²) in [6, 6.07) is -17.2. The van der Waals surface area contributed by atoms with Gasteiger partial charge in [-0.2, -0.15) is 11.8 Å². The highest BCUT2D eigenvalue weighted by Crippen LogP contribution is 2.21. The highest BCUT2D eigenvalue weighted by atomic mass is 32.2. The molecule has 13 atom stereocenters. The zero-order chi connectivity index (χ0) is 89.7. The minimum Gasteiger partial charge on any atom is -0.480 e. The second kappa shape index (κ2) is 59.0. The largest absolute Gasteiger partial charge is 0.480 e. The van der Waals surface area contributed by atoms with Crippen molar-refractivity contribution in [2.45, 2.75) is 234 Å². The minimum absolute atomic E-state index is 0.000825. The number of likely N-dealkylation sites (tertiary alicyclic amines) is 1. The molecule has 1 aliphatic rings. The molecule has 1 fully saturated rings. The van der Waals surface area contributed by atoms with Crippen molar-refractivity contribution in [1.29, 1.82) is 0 Å². The molecule has 0 aromatic rings. The van der Waals surface area contributed by atoms with Crippen molar-refractivity contribution in [1.82, 2.24) is 58.1 Å². The molecule has 45 N–H and O–H groups in total. The number of unbranched alkanes of at least 4 members (excludes halogenated alkanes) is 1. The Bertz CT molecular complexity index is 3470. The van der Waals surface area contributed by atoms with Gasteiger partial charge in [-0.25, -0.2) is 4.79 Å².